The molecule has 1 N–H and O–H groups in total. The van der Waals surface area contributed by atoms with Gasteiger partial charge in [0.05, 0.1) is 6.04 Å². The summed E-state index contributed by atoms with van der Waals surface area (Å²) in [6.45, 7) is 3.93. The largest absolute Gasteiger partial charge is 0.349 e. The van der Waals surface area contributed by atoms with Gasteiger partial charge in [-0.05, 0) is 31.9 Å². The molecule has 1 atom stereocenters. The highest BCUT2D eigenvalue weighted by molar-refractivity contribution is 5.79. The van der Waals surface area contributed by atoms with E-state index >= 15 is 0 Å². The van der Waals surface area contributed by atoms with E-state index in [1.807, 2.05) is 19.9 Å². The number of nitrogens with one attached hydrogen (secondary N) is 1. The number of carbonyl (C=O) groups excluding carboxylic acids is 1. The molecule has 1 rings (SSSR count). The average Bonchev–Trinajstić information content (AvgIpc) is 2.36. The van der Waals surface area contributed by atoms with Gasteiger partial charge in [0.2, 0.25) is 5.91 Å². The highest BCUT2D eigenvalue weighted by Crippen LogP contribution is 2.13. The fourth-order valence-corrected chi connectivity index (χ4v) is 1.27. The van der Waals surface area contributed by atoms with Gasteiger partial charge >= 0.3 is 0 Å². The molecule has 1 amide bonds. The predicted molar refractivity (Wildman–Crippen MR) is 44.1 cm³/mol. The van der Waals surface area contributed by atoms with Gasteiger partial charge in [-0.15, -0.1) is 5.73 Å². The zero-order valence-corrected chi connectivity index (χ0v) is 6.98. The van der Waals surface area contributed by atoms with Crippen molar-refractivity contribution < 1.29 is 4.79 Å². The third kappa shape index (κ3) is 1.95. The van der Waals surface area contributed by atoms with E-state index in [1.165, 1.54) is 0 Å². The smallest absolute Gasteiger partial charge is 0.220 e. The molecule has 0 aromatic carbocycles. The van der Waals surface area contributed by atoms with Crippen LogP contribution in [0.2, 0.25) is 0 Å². The second kappa shape index (κ2) is 3.40. The zero-order chi connectivity index (χ0) is 8.27. The highest BCUT2D eigenvalue weighted by atomic mass is 16.1. The van der Waals surface area contributed by atoms with Gasteiger partial charge in [-0.25, -0.2) is 0 Å². The number of hydrogen-bond acceptors (Lipinski definition) is 1. The summed E-state index contributed by atoms with van der Waals surface area (Å²) in [6, 6.07) is 0.235. The lowest BCUT2D eigenvalue weighted by molar-refractivity contribution is -0.119. The number of carbonyl (C=O) groups is 1. The summed E-state index contributed by atoms with van der Waals surface area (Å²) in [5.74, 6) is 0.159. The predicted octanol–water partition coefficient (Wildman–Crippen LogP) is 1.39. The molecule has 0 aromatic heterocycles. The molecule has 1 unspecified atom stereocenters. The second-order valence-electron chi connectivity index (χ2n) is 2.77. The summed E-state index contributed by atoms with van der Waals surface area (Å²) in [4.78, 5) is 10.8. The summed E-state index contributed by atoms with van der Waals surface area (Å²) in [5.41, 5.74) is 4.21. The molecule has 2 nitrogen and oxygen atoms in total. The average molecular weight is 151 g/mol. The summed E-state index contributed by atoms with van der Waals surface area (Å²) < 4.78 is 0. The van der Waals surface area contributed by atoms with Crippen LogP contribution in [0.3, 0.4) is 0 Å². The van der Waals surface area contributed by atoms with E-state index < -0.39 is 0 Å². The summed E-state index contributed by atoms with van der Waals surface area (Å²) in [5, 5.41) is 2.88. The third-order valence-electron chi connectivity index (χ3n) is 1.89. The van der Waals surface area contributed by atoms with Crippen LogP contribution in [0.5, 0.6) is 0 Å². The van der Waals surface area contributed by atoms with Crippen LogP contribution in [0.4, 0.5) is 0 Å². The minimum atomic E-state index is 0.159. The molecule has 1 aliphatic rings. The molecule has 0 spiro atoms. The van der Waals surface area contributed by atoms with E-state index in [4.69, 9.17) is 0 Å². The zero-order valence-electron chi connectivity index (χ0n) is 6.98. The van der Waals surface area contributed by atoms with Crippen LogP contribution in [-0.2, 0) is 4.79 Å². The maximum atomic E-state index is 10.8. The quantitative estimate of drug-likeness (QED) is 0.564. The van der Waals surface area contributed by atoms with Gasteiger partial charge in [0.1, 0.15) is 0 Å². The first-order chi connectivity index (χ1) is 5.24. The lowest BCUT2D eigenvalue weighted by Gasteiger charge is -2.06. The van der Waals surface area contributed by atoms with Gasteiger partial charge in [0, 0.05) is 6.42 Å². The van der Waals surface area contributed by atoms with E-state index in [0.29, 0.717) is 6.42 Å². The van der Waals surface area contributed by atoms with Crippen molar-refractivity contribution >= 4 is 5.91 Å². The molecule has 0 radical (unpaired) electrons. The van der Waals surface area contributed by atoms with Gasteiger partial charge in [-0.2, -0.15) is 0 Å². The first-order valence-electron chi connectivity index (χ1n) is 3.91. The lowest BCUT2D eigenvalue weighted by atomic mass is 10.1. The number of rotatable bonds is 1. The van der Waals surface area contributed by atoms with Crippen LogP contribution in [-0.4, -0.2) is 11.9 Å². The lowest BCUT2D eigenvalue weighted by Crippen LogP contribution is -2.25. The van der Waals surface area contributed by atoms with Gasteiger partial charge in [0.15, 0.2) is 0 Å². The first-order valence-corrected chi connectivity index (χ1v) is 3.91. The summed E-state index contributed by atoms with van der Waals surface area (Å²) in [7, 11) is 0. The Labute approximate surface area is 67.0 Å². The van der Waals surface area contributed by atoms with Crippen molar-refractivity contribution in [2.24, 2.45) is 0 Å². The van der Waals surface area contributed by atoms with E-state index in [0.717, 1.165) is 12.0 Å². The normalized spacial score (nSPS) is 22.4. The molecule has 0 aromatic rings. The van der Waals surface area contributed by atoms with Crippen LogP contribution in [0.15, 0.2) is 17.4 Å². The topological polar surface area (TPSA) is 29.1 Å². The third-order valence-corrected chi connectivity index (χ3v) is 1.89. The van der Waals surface area contributed by atoms with Crippen LogP contribution < -0.4 is 5.32 Å². The highest BCUT2D eigenvalue weighted by Gasteiger charge is 2.21. The van der Waals surface area contributed by atoms with Crippen molar-refractivity contribution in [3.05, 3.63) is 17.4 Å². The van der Waals surface area contributed by atoms with Crippen molar-refractivity contribution in [1.82, 2.24) is 5.32 Å². The monoisotopic (exact) mass is 151 g/mol. The van der Waals surface area contributed by atoms with E-state index in [-0.39, 0.29) is 11.9 Å². The Hall–Kier alpha value is -1.01. The Morgan fingerprint density at radius 3 is 3.00 bits per heavy atom. The summed E-state index contributed by atoms with van der Waals surface area (Å²) in [6.07, 6.45) is 3.46. The maximum absolute atomic E-state index is 10.8. The van der Waals surface area contributed by atoms with Gasteiger partial charge in [0.25, 0.3) is 0 Å². The first kappa shape index (κ1) is 8.09. The van der Waals surface area contributed by atoms with Crippen molar-refractivity contribution in [2.75, 3.05) is 0 Å². The summed E-state index contributed by atoms with van der Waals surface area (Å²) >= 11 is 0. The molecule has 11 heavy (non-hydrogen) atoms. The van der Waals surface area contributed by atoms with E-state index in [1.54, 1.807) is 0 Å². The molecule has 1 fully saturated rings. The Morgan fingerprint density at radius 1 is 1.82 bits per heavy atom. The molecular formula is C9H13NO. The molecule has 0 bridgehead atoms. The molecule has 0 saturated carbocycles. The van der Waals surface area contributed by atoms with Gasteiger partial charge in [-0.1, -0.05) is 0 Å². The molecule has 1 saturated heterocycles. The van der Waals surface area contributed by atoms with Crippen LogP contribution >= 0.6 is 0 Å². The second-order valence-corrected chi connectivity index (χ2v) is 2.77. The van der Waals surface area contributed by atoms with Crippen molar-refractivity contribution in [3.8, 4) is 0 Å². The number of hydrogen-bond donors (Lipinski definition) is 1. The Bertz CT molecular complexity index is 224. The van der Waals surface area contributed by atoms with E-state index in [9.17, 15) is 4.79 Å². The Kier molecular flexibility index (Phi) is 2.50. The minimum absolute atomic E-state index is 0.159. The van der Waals surface area contributed by atoms with E-state index in [2.05, 4.69) is 11.0 Å². The van der Waals surface area contributed by atoms with Crippen molar-refractivity contribution in [2.45, 2.75) is 32.7 Å². The van der Waals surface area contributed by atoms with Gasteiger partial charge in [-0.3, -0.25) is 4.79 Å². The minimum Gasteiger partial charge on any atom is -0.349 e. The SMILES string of the molecule is CC=C=C(C)C1CCC(=O)N1. The molecule has 0 aliphatic carbocycles. The molecule has 1 aliphatic heterocycles. The standard InChI is InChI=1S/C9H13NO/c1-3-4-7(2)8-5-6-9(11)10-8/h3,8H,5-6H2,1-2H3,(H,10,11). The van der Waals surface area contributed by atoms with Crippen LogP contribution in [0.1, 0.15) is 26.7 Å². The molecule has 2 heteroatoms. The molecular weight excluding hydrogens is 138 g/mol. The molecule has 1 heterocycles. The fourth-order valence-electron chi connectivity index (χ4n) is 1.27. The maximum Gasteiger partial charge on any atom is 0.220 e. The van der Waals surface area contributed by atoms with Crippen LogP contribution in [0.25, 0.3) is 0 Å². The van der Waals surface area contributed by atoms with Crippen molar-refractivity contribution in [1.29, 1.82) is 0 Å². The Balaban J connectivity index is 2.63. The number of amides is 1. The van der Waals surface area contributed by atoms with Crippen LogP contribution in [0, 0.1) is 0 Å². The Morgan fingerprint density at radius 2 is 2.55 bits per heavy atom. The van der Waals surface area contributed by atoms with Gasteiger partial charge < -0.3 is 5.32 Å². The molecule has 60 valence electrons. The fraction of sp³-hybridized carbons (Fsp3) is 0.556. The van der Waals surface area contributed by atoms with Crippen molar-refractivity contribution in [3.63, 3.8) is 0 Å².